The molecule has 1 saturated carbocycles. The van der Waals surface area contributed by atoms with Gasteiger partial charge in [0.1, 0.15) is 0 Å². The van der Waals surface area contributed by atoms with Gasteiger partial charge in [-0.2, -0.15) is 0 Å². The molecule has 1 heterocycles. The van der Waals surface area contributed by atoms with E-state index in [-0.39, 0.29) is 23.7 Å². The minimum absolute atomic E-state index is 0.119. The Bertz CT molecular complexity index is 635. The maximum Gasteiger partial charge on any atom is 0.228 e. The molecule has 3 unspecified atom stereocenters. The molecule has 124 valence electrons. The standard InChI is InChI=1S/C17H20Cl2N2O2/c1-10-3-2-6-21(9-10)17(23)13-8-12(13)16(22)20-15-7-11(18)4-5-14(15)19/h4-5,7,10,12-13H,2-3,6,8-9H2,1H3,(H,20,22). The second kappa shape index (κ2) is 6.70. The van der Waals surface area contributed by atoms with Crippen LogP contribution in [0.15, 0.2) is 18.2 Å². The van der Waals surface area contributed by atoms with Crippen LogP contribution in [0.25, 0.3) is 0 Å². The van der Waals surface area contributed by atoms with Crippen LogP contribution >= 0.6 is 23.2 Å². The van der Waals surface area contributed by atoms with Crippen LogP contribution in [0, 0.1) is 17.8 Å². The van der Waals surface area contributed by atoms with E-state index in [1.165, 1.54) is 6.42 Å². The molecule has 4 nitrogen and oxygen atoms in total. The highest BCUT2D eigenvalue weighted by Crippen LogP contribution is 2.42. The fraction of sp³-hybridized carbons (Fsp3) is 0.529. The van der Waals surface area contributed by atoms with E-state index in [1.54, 1.807) is 18.2 Å². The monoisotopic (exact) mass is 354 g/mol. The summed E-state index contributed by atoms with van der Waals surface area (Å²) in [6.07, 6.45) is 2.84. The maximum absolute atomic E-state index is 12.5. The zero-order valence-corrected chi connectivity index (χ0v) is 14.5. The minimum atomic E-state index is -0.255. The Morgan fingerprint density at radius 2 is 2.04 bits per heavy atom. The molecular formula is C17H20Cl2N2O2. The predicted octanol–water partition coefficient (Wildman–Crippen LogP) is 3.83. The van der Waals surface area contributed by atoms with E-state index >= 15 is 0 Å². The lowest BCUT2D eigenvalue weighted by atomic mass is 10.00. The van der Waals surface area contributed by atoms with E-state index in [2.05, 4.69) is 12.2 Å². The van der Waals surface area contributed by atoms with Crippen LogP contribution in [0.1, 0.15) is 26.2 Å². The van der Waals surface area contributed by atoms with Crippen LogP contribution in [0.3, 0.4) is 0 Å². The van der Waals surface area contributed by atoms with Gasteiger partial charge in [0, 0.05) is 18.1 Å². The number of carbonyl (C=O) groups is 2. The van der Waals surface area contributed by atoms with Crippen LogP contribution in [0.4, 0.5) is 5.69 Å². The lowest BCUT2D eigenvalue weighted by molar-refractivity contribution is -0.135. The van der Waals surface area contributed by atoms with Gasteiger partial charge in [0.15, 0.2) is 0 Å². The quantitative estimate of drug-likeness (QED) is 0.896. The number of amides is 2. The molecule has 0 spiro atoms. The van der Waals surface area contributed by atoms with Gasteiger partial charge in [0.25, 0.3) is 0 Å². The Labute approximate surface area is 146 Å². The number of rotatable bonds is 3. The van der Waals surface area contributed by atoms with Crippen LogP contribution in [0.2, 0.25) is 10.0 Å². The highest BCUT2D eigenvalue weighted by Gasteiger charge is 2.49. The molecule has 1 aliphatic heterocycles. The first-order chi connectivity index (χ1) is 11.0. The van der Waals surface area contributed by atoms with Gasteiger partial charge in [0.2, 0.25) is 11.8 Å². The van der Waals surface area contributed by atoms with E-state index in [0.29, 0.717) is 28.1 Å². The molecule has 0 radical (unpaired) electrons. The summed E-state index contributed by atoms with van der Waals surface area (Å²) < 4.78 is 0. The first-order valence-corrected chi connectivity index (χ1v) is 8.76. The fourth-order valence-corrected chi connectivity index (χ4v) is 3.54. The van der Waals surface area contributed by atoms with Crippen LogP contribution in [-0.2, 0) is 9.59 Å². The molecule has 1 aliphatic carbocycles. The molecule has 1 aromatic carbocycles. The number of piperidine rings is 1. The number of hydrogen-bond donors (Lipinski definition) is 1. The van der Waals surface area contributed by atoms with Crippen molar-refractivity contribution >= 4 is 40.7 Å². The first kappa shape index (κ1) is 16.6. The number of hydrogen-bond acceptors (Lipinski definition) is 2. The summed E-state index contributed by atoms with van der Waals surface area (Å²) in [6, 6.07) is 4.93. The van der Waals surface area contributed by atoms with Crippen molar-refractivity contribution in [2.45, 2.75) is 26.2 Å². The molecule has 1 N–H and O–H groups in total. The molecule has 3 atom stereocenters. The topological polar surface area (TPSA) is 49.4 Å². The number of carbonyl (C=O) groups excluding carboxylic acids is 2. The van der Waals surface area contributed by atoms with Gasteiger partial charge in [-0.15, -0.1) is 0 Å². The number of nitrogens with one attached hydrogen (secondary N) is 1. The van der Waals surface area contributed by atoms with Crippen molar-refractivity contribution in [1.82, 2.24) is 4.90 Å². The maximum atomic E-state index is 12.5. The SMILES string of the molecule is CC1CCCN(C(=O)C2CC2C(=O)Nc2cc(Cl)ccc2Cl)C1. The van der Waals surface area contributed by atoms with Crippen LogP contribution in [0.5, 0.6) is 0 Å². The van der Waals surface area contributed by atoms with Crippen molar-refractivity contribution in [2.75, 3.05) is 18.4 Å². The molecule has 3 rings (SSSR count). The Kier molecular flexibility index (Phi) is 4.83. The molecule has 1 aromatic rings. The first-order valence-electron chi connectivity index (χ1n) is 8.00. The van der Waals surface area contributed by atoms with Crippen LogP contribution < -0.4 is 5.32 Å². The van der Waals surface area contributed by atoms with E-state index in [0.717, 1.165) is 19.5 Å². The summed E-state index contributed by atoms with van der Waals surface area (Å²) in [4.78, 5) is 26.7. The van der Waals surface area contributed by atoms with Crippen molar-refractivity contribution in [3.05, 3.63) is 28.2 Å². The number of nitrogens with zero attached hydrogens (tertiary/aromatic N) is 1. The van der Waals surface area contributed by atoms with Gasteiger partial charge in [-0.05, 0) is 43.4 Å². The summed E-state index contributed by atoms with van der Waals surface area (Å²) in [5, 5.41) is 3.73. The smallest absolute Gasteiger partial charge is 0.228 e. The Hall–Kier alpha value is -1.26. The van der Waals surface area contributed by atoms with E-state index < -0.39 is 0 Å². The highest BCUT2D eigenvalue weighted by atomic mass is 35.5. The summed E-state index contributed by atoms with van der Waals surface area (Å²) >= 11 is 12.0. The molecule has 2 fully saturated rings. The fourth-order valence-electron chi connectivity index (χ4n) is 3.20. The predicted molar refractivity (Wildman–Crippen MR) is 91.7 cm³/mol. The van der Waals surface area contributed by atoms with Crippen molar-refractivity contribution in [3.8, 4) is 0 Å². The number of likely N-dealkylation sites (tertiary alicyclic amines) is 1. The lowest BCUT2D eigenvalue weighted by Gasteiger charge is -2.31. The summed E-state index contributed by atoms with van der Waals surface area (Å²) in [5.41, 5.74) is 0.494. The van der Waals surface area contributed by atoms with Gasteiger partial charge in [-0.25, -0.2) is 0 Å². The van der Waals surface area contributed by atoms with E-state index in [4.69, 9.17) is 23.2 Å². The van der Waals surface area contributed by atoms with Gasteiger partial charge in [-0.1, -0.05) is 30.1 Å². The normalized spacial score (nSPS) is 26.7. The average molecular weight is 355 g/mol. The molecular weight excluding hydrogens is 335 g/mol. The third-order valence-corrected chi connectivity index (χ3v) is 5.16. The van der Waals surface area contributed by atoms with Gasteiger partial charge < -0.3 is 10.2 Å². The minimum Gasteiger partial charge on any atom is -0.342 e. The summed E-state index contributed by atoms with van der Waals surface area (Å²) in [6.45, 7) is 3.79. The average Bonchev–Trinajstić information content (AvgIpc) is 3.31. The third kappa shape index (κ3) is 3.81. The zero-order chi connectivity index (χ0) is 16.6. The second-order valence-electron chi connectivity index (χ2n) is 6.59. The molecule has 1 saturated heterocycles. The molecule has 0 bridgehead atoms. The van der Waals surface area contributed by atoms with Crippen molar-refractivity contribution in [1.29, 1.82) is 0 Å². The van der Waals surface area contributed by atoms with Gasteiger partial charge in [0.05, 0.1) is 22.5 Å². The van der Waals surface area contributed by atoms with Crippen molar-refractivity contribution < 1.29 is 9.59 Å². The summed E-state index contributed by atoms with van der Waals surface area (Å²) in [5.74, 6) is 0.0727. The third-order valence-electron chi connectivity index (χ3n) is 4.60. The zero-order valence-electron chi connectivity index (χ0n) is 13.0. The van der Waals surface area contributed by atoms with Gasteiger partial charge in [-0.3, -0.25) is 9.59 Å². The molecule has 0 aromatic heterocycles. The molecule has 23 heavy (non-hydrogen) atoms. The van der Waals surface area contributed by atoms with Crippen LogP contribution in [-0.4, -0.2) is 29.8 Å². The lowest BCUT2D eigenvalue weighted by Crippen LogP contribution is -2.40. The van der Waals surface area contributed by atoms with Gasteiger partial charge >= 0.3 is 0 Å². The Balaban J connectivity index is 1.58. The van der Waals surface area contributed by atoms with Crippen molar-refractivity contribution in [2.24, 2.45) is 17.8 Å². The molecule has 6 heteroatoms. The number of benzene rings is 1. The summed E-state index contributed by atoms with van der Waals surface area (Å²) in [7, 11) is 0. The molecule has 2 aliphatic rings. The highest BCUT2D eigenvalue weighted by molar-refractivity contribution is 6.35. The Morgan fingerprint density at radius 1 is 1.26 bits per heavy atom. The number of anilines is 1. The number of halogens is 2. The largest absolute Gasteiger partial charge is 0.342 e. The Morgan fingerprint density at radius 3 is 2.78 bits per heavy atom. The van der Waals surface area contributed by atoms with E-state index in [9.17, 15) is 9.59 Å². The molecule has 2 amide bonds. The van der Waals surface area contributed by atoms with Crippen molar-refractivity contribution in [3.63, 3.8) is 0 Å². The van der Waals surface area contributed by atoms with E-state index in [1.807, 2.05) is 4.90 Å². The second-order valence-corrected chi connectivity index (χ2v) is 7.44.